The Morgan fingerprint density at radius 3 is 2.69 bits per heavy atom. The van der Waals surface area contributed by atoms with Crippen molar-refractivity contribution in [2.24, 2.45) is 5.10 Å². The van der Waals surface area contributed by atoms with E-state index in [-0.39, 0.29) is 18.2 Å². The number of nitrogens with one attached hydrogen (secondary N) is 1. The molecular formula is C28H22BrN3O6S. The van der Waals surface area contributed by atoms with Gasteiger partial charge in [-0.1, -0.05) is 58.0 Å². The predicted octanol–water partition coefficient (Wildman–Crippen LogP) is 5.35. The van der Waals surface area contributed by atoms with Crippen molar-refractivity contribution in [3.63, 3.8) is 0 Å². The van der Waals surface area contributed by atoms with E-state index in [4.69, 9.17) is 19.3 Å². The number of carbonyl (C=O) groups excluding carboxylic acids is 3. The number of esters is 1. The number of fused-ring (bicyclic) bond motifs is 3. The largest absolute Gasteiger partial charge is 0.493 e. The number of benzene rings is 3. The highest BCUT2D eigenvalue weighted by Crippen LogP contribution is 2.49. The monoisotopic (exact) mass is 607 g/mol. The summed E-state index contributed by atoms with van der Waals surface area (Å²) < 4.78 is 18.5. The summed E-state index contributed by atoms with van der Waals surface area (Å²) in [6.07, 6.45) is -0.0688. The van der Waals surface area contributed by atoms with Crippen LogP contribution in [0, 0.1) is 0 Å². The molecule has 11 heteroatoms. The van der Waals surface area contributed by atoms with Crippen LogP contribution in [0.3, 0.4) is 0 Å². The number of hydrogen-bond acceptors (Lipinski definition) is 9. The lowest BCUT2D eigenvalue weighted by atomic mass is 9.96. The average Bonchev–Trinajstić information content (AvgIpc) is 3.52. The molecule has 0 spiro atoms. The van der Waals surface area contributed by atoms with E-state index in [1.54, 1.807) is 18.2 Å². The number of rotatable bonds is 6. The van der Waals surface area contributed by atoms with Crippen molar-refractivity contribution in [1.82, 2.24) is 10.3 Å². The summed E-state index contributed by atoms with van der Waals surface area (Å²) in [7, 11) is 1.48. The number of thioether (sulfide) groups is 1. The van der Waals surface area contributed by atoms with Crippen LogP contribution in [0.4, 0.5) is 4.79 Å². The summed E-state index contributed by atoms with van der Waals surface area (Å²) in [5, 5.41) is 7.82. The van der Waals surface area contributed by atoms with Crippen LogP contribution in [0.1, 0.15) is 41.8 Å². The molecule has 1 fully saturated rings. The summed E-state index contributed by atoms with van der Waals surface area (Å²) in [6.45, 7) is 0. The number of ether oxygens (including phenoxy) is 3. The summed E-state index contributed by atoms with van der Waals surface area (Å²) >= 11 is 4.36. The van der Waals surface area contributed by atoms with Crippen LogP contribution in [0.15, 0.2) is 76.3 Å². The first kappa shape index (κ1) is 25.4. The molecule has 0 saturated carbocycles. The number of carbonyl (C=O) groups is 3. The molecule has 1 saturated heterocycles. The Bertz CT molecular complexity index is 1510. The van der Waals surface area contributed by atoms with E-state index in [1.165, 1.54) is 7.11 Å². The molecule has 3 heterocycles. The van der Waals surface area contributed by atoms with Gasteiger partial charge in [0, 0.05) is 22.0 Å². The zero-order chi connectivity index (χ0) is 27.1. The molecule has 0 radical (unpaired) electrons. The number of methoxy groups -OCH3 is 1. The van der Waals surface area contributed by atoms with Crippen LogP contribution in [0.2, 0.25) is 0 Å². The van der Waals surface area contributed by atoms with Gasteiger partial charge in [-0.25, -0.2) is 5.01 Å². The molecule has 3 aliphatic heterocycles. The third-order valence-corrected chi connectivity index (χ3v) is 8.15. The van der Waals surface area contributed by atoms with E-state index >= 15 is 0 Å². The first-order valence-corrected chi connectivity index (χ1v) is 13.8. The Labute approximate surface area is 236 Å². The first-order chi connectivity index (χ1) is 18.9. The molecule has 0 aliphatic carbocycles. The second kappa shape index (κ2) is 10.4. The number of imide groups is 1. The zero-order valence-electron chi connectivity index (χ0n) is 20.6. The van der Waals surface area contributed by atoms with Crippen molar-refractivity contribution < 1.29 is 28.6 Å². The molecule has 0 bridgehead atoms. The molecule has 2 amide bonds. The second-order valence-corrected chi connectivity index (χ2v) is 11.2. The summed E-state index contributed by atoms with van der Waals surface area (Å²) in [5.41, 5.74) is 3.82. The Morgan fingerprint density at radius 2 is 1.95 bits per heavy atom. The van der Waals surface area contributed by atoms with Gasteiger partial charge in [-0.15, -0.1) is 0 Å². The van der Waals surface area contributed by atoms with Gasteiger partial charge < -0.3 is 14.2 Å². The van der Waals surface area contributed by atoms with Gasteiger partial charge in [0.2, 0.25) is 12.1 Å². The minimum atomic E-state index is -0.810. The molecule has 3 atom stereocenters. The quantitative estimate of drug-likeness (QED) is 0.295. The van der Waals surface area contributed by atoms with Crippen LogP contribution < -0.4 is 19.5 Å². The summed E-state index contributed by atoms with van der Waals surface area (Å²) in [6, 6.07) is 21.2. The van der Waals surface area contributed by atoms with Gasteiger partial charge in [-0.3, -0.25) is 19.7 Å². The van der Waals surface area contributed by atoms with E-state index in [0.717, 1.165) is 50.8 Å². The summed E-state index contributed by atoms with van der Waals surface area (Å²) in [4.78, 5) is 35.7. The molecule has 3 aromatic rings. The maximum atomic E-state index is 12.5. The number of halogens is 1. The minimum absolute atomic E-state index is 0.0345. The second-order valence-electron chi connectivity index (χ2n) is 9.14. The molecule has 6 rings (SSSR count). The van der Waals surface area contributed by atoms with Gasteiger partial charge in [0.05, 0.1) is 25.3 Å². The normalized spacial score (nSPS) is 21.4. The first-order valence-electron chi connectivity index (χ1n) is 12.2. The third-order valence-electron chi connectivity index (χ3n) is 6.67. The third kappa shape index (κ3) is 4.99. The average molecular weight is 608 g/mol. The van der Waals surface area contributed by atoms with Crippen LogP contribution in [-0.4, -0.2) is 40.2 Å². The van der Waals surface area contributed by atoms with Crippen molar-refractivity contribution in [1.29, 1.82) is 0 Å². The Kier molecular flexibility index (Phi) is 6.78. The van der Waals surface area contributed by atoms with E-state index in [2.05, 4.69) is 27.3 Å². The lowest BCUT2D eigenvalue weighted by Gasteiger charge is -2.38. The molecule has 39 heavy (non-hydrogen) atoms. The molecular weight excluding hydrogens is 586 g/mol. The number of hydrazone groups is 1. The van der Waals surface area contributed by atoms with Crippen LogP contribution in [0.25, 0.3) is 0 Å². The molecule has 198 valence electrons. The SMILES string of the molecule is COc1cc([C@@H]2Oc3ccc(Br)cc3[C@H]3CC(c4ccccc4)=NN32)ccc1OC(=O)C[C@H]1SC(=O)NC1=O. The molecule has 3 aliphatic rings. The Balaban J connectivity index is 1.29. The fourth-order valence-corrected chi connectivity index (χ4v) is 6.03. The molecule has 3 aromatic carbocycles. The molecule has 1 N–H and O–H groups in total. The zero-order valence-corrected chi connectivity index (χ0v) is 23.0. The van der Waals surface area contributed by atoms with Crippen LogP contribution >= 0.6 is 27.7 Å². The highest BCUT2D eigenvalue weighted by Gasteiger charge is 2.41. The smallest absolute Gasteiger partial charge is 0.312 e. The Morgan fingerprint density at radius 1 is 1.13 bits per heavy atom. The maximum Gasteiger partial charge on any atom is 0.312 e. The van der Waals surface area contributed by atoms with Crippen molar-refractivity contribution >= 4 is 50.5 Å². The molecule has 9 nitrogen and oxygen atoms in total. The van der Waals surface area contributed by atoms with E-state index in [0.29, 0.717) is 5.75 Å². The van der Waals surface area contributed by atoms with Crippen molar-refractivity contribution in [2.45, 2.75) is 30.4 Å². The van der Waals surface area contributed by atoms with Crippen LogP contribution in [-0.2, 0) is 9.59 Å². The van der Waals surface area contributed by atoms with Gasteiger partial charge in [-0.2, -0.15) is 5.10 Å². The van der Waals surface area contributed by atoms with Gasteiger partial charge in [-0.05, 0) is 42.0 Å². The van der Waals surface area contributed by atoms with Gasteiger partial charge in [0.1, 0.15) is 11.0 Å². The standard InChI is InChI=1S/C28H22BrN3O6S/c1-36-23-11-16(7-9-22(23)37-25(33)14-24-26(34)30-28(35)39-24)27-32-20(18-12-17(29)8-10-21(18)38-27)13-19(31-32)15-5-3-2-4-6-15/h2-12,20,24,27H,13-14H2,1H3,(H,30,34,35)/t20-,24-,27+/m1/s1. The topological polar surface area (TPSA) is 107 Å². The highest BCUT2D eigenvalue weighted by atomic mass is 79.9. The summed E-state index contributed by atoms with van der Waals surface area (Å²) in [5.74, 6) is 0.154. The lowest BCUT2D eigenvalue weighted by molar-refractivity contribution is -0.136. The molecule has 0 unspecified atom stereocenters. The maximum absolute atomic E-state index is 12.5. The number of amides is 2. The fraction of sp³-hybridized carbons (Fsp3) is 0.214. The van der Waals surface area contributed by atoms with Crippen molar-refractivity contribution in [3.05, 3.63) is 87.9 Å². The fourth-order valence-electron chi connectivity index (χ4n) is 4.85. The number of hydrogen-bond donors (Lipinski definition) is 1. The van der Waals surface area contributed by atoms with E-state index in [1.807, 2.05) is 47.5 Å². The Hall–Kier alpha value is -3.83. The van der Waals surface area contributed by atoms with Crippen molar-refractivity contribution in [2.75, 3.05) is 7.11 Å². The van der Waals surface area contributed by atoms with E-state index in [9.17, 15) is 14.4 Å². The molecule has 0 aromatic heterocycles. The lowest BCUT2D eigenvalue weighted by Crippen LogP contribution is -2.33. The van der Waals surface area contributed by atoms with E-state index < -0.39 is 28.6 Å². The predicted molar refractivity (Wildman–Crippen MR) is 148 cm³/mol. The van der Waals surface area contributed by atoms with Crippen molar-refractivity contribution in [3.8, 4) is 17.2 Å². The van der Waals surface area contributed by atoms with Gasteiger partial charge >= 0.3 is 5.97 Å². The van der Waals surface area contributed by atoms with Crippen LogP contribution in [0.5, 0.6) is 17.2 Å². The minimum Gasteiger partial charge on any atom is -0.493 e. The number of nitrogens with zero attached hydrogens (tertiary/aromatic N) is 2. The van der Waals surface area contributed by atoms with Gasteiger partial charge in [0.25, 0.3) is 5.24 Å². The van der Waals surface area contributed by atoms with Gasteiger partial charge in [0.15, 0.2) is 11.5 Å². The highest BCUT2D eigenvalue weighted by molar-refractivity contribution is 9.10.